The lowest BCUT2D eigenvalue weighted by Gasteiger charge is -2.31. The predicted molar refractivity (Wildman–Crippen MR) is 79.3 cm³/mol. The first-order valence-corrected chi connectivity index (χ1v) is 7.40. The first kappa shape index (κ1) is 14.5. The quantitative estimate of drug-likeness (QED) is 0.852. The van der Waals surface area contributed by atoms with Crippen LogP contribution < -0.4 is 5.32 Å². The van der Waals surface area contributed by atoms with Crippen LogP contribution in [0.15, 0.2) is 30.3 Å². The van der Waals surface area contributed by atoms with Crippen molar-refractivity contribution in [1.29, 1.82) is 0 Å². The van der Waals surface area contributed by atoms with Gasteiger partial charge < -0.3 is 10.1 Å². The second kappa shape index (κ2) is 7.63. The van der Waals surface area contributed by atoms with Crippen molar-refractivity contribution >= 4 is 0 Å². The summed E-state index contributed by atoms with van der Waals surface area (Å²) in [7, 11) is 0. The maximum atomic E-state index is 5.39. The van der Waals surface area contributed by atoms with Crippen LogP contribution in [0.3, 0.4) is 0 Å². The summed E-state index contributed by atoms with van der Waals surface area (Å²) < 4.78 is 5.39. The minimum Gasteiger partial charge on any atom is -0.379 e. The van der Waals surface area contributed by atoms with Crippen molar-refractivity contribution in [3.63, 3.8) is 0 Å². The van der Waals surface area contributed by atoms with Gasteiger partial charge in [0.25, 0.3) is 0 Å². The van der Waals surface area contributed by atoms with Gasteiger partial charge in [0.05, 0.1) is 13.2 Å². The molecule has 0 bridgehead atoms. The summed E-state index contributed by atoms with van der Waals surface area (Å²) in [5.74, 6) is 0. The molecule has 2 unspecified atom stereocenters. The molecule has 106 valence electrons. The fourth-order valence-electron chi connectivity index (χ4n) is 2.70. The summed E-state index contributed by atoms with van der Waals surface area (Å²) in [6.07, 6.45) is 1.12. The molecule has 1 N–H and O–H groups in total. The fourth-order valence-corrected chi connectivity index (χ4v) is 2.70. The second-order valence-electron chi connectivity index (χ2n) is 5.35. The third-order valence-corrected chi connectivity index (χ3v) is 3.73. The van der Waals surface area contributed by atoms with Crippen LogP contribution in [0.5, 0.6) is 0 Å². The molecule has 1 aromatic rings. The largest absolute Gasteiger partial charge is 0.379 e. The van der Waals surface area contributed by atoms with E-state index in [0.29, 0.717) is 12.1 Å². The Morgan fingerprint density at radius 3 is 2.53 bits per heavy atom. The van der Waals surface area contributed by atoms with E-state index in [1.807, 2.05) is 0 Å². The van der Waals surface area contributed by atoms with Gasteiger partial charge >= 0.3 is 0 Å². The van der Waals surface area contributed by atoms with E-state index in [1.54, 1.807) is 0 Å². The van der Waals surface area contributed by atoms with Crippen LogP contribution in [0.1, 0.15) is 31.9 Å². The zero-order valence-electron chi connectivity index (χ0n) is 12.1. The van der Waals surface area contributed by atoms with Gasteiger partial charge in [-0.05, 0) is 18.9 Å². The molecule has 1 heterocycles. The first-order chi connectivity index (χ1) is 9.29. The molecule has 1 aliphatic heterocycles. The number of nitrogens with zero attached hydrogens (tertiary/aromatic N) is 1. The zero-order valence-corrected chi connectivity index (χ0v) is 12.1. The molecule has 0 aromatic heterocycles. The summed E-state index contributed by atoms with van der Waals surface area (Å²) in [6, 6.07) is 11.7. The van der Waals surface area contributed by atoms with E-state index in [0.717, 1.165) is 39.3 Å². The van der Waals surface area contributed by atoms with Crippen molar-refractivity contribution in [3.05, 3.63) is 35.9 Å². The highest BCUT2D eigenvalue weighted by atomic mass is 16.5. The number of hydrogen-bond acceptors (Lipinski definition) is 3. The summed E-state index contributed by atoms with van der Waals surface area (Å²) in [5, 5.41) is 3.75. The molecule has 1 saturated heterocycles. The Bertz CT molecular complexity index is 349. The average Bonchev–Trinajstić information content (AvgIpc) is 2.47. The Kier molecular flexibility index (Phi) is 5.83. The Morgan fingerprint density at radius 1 is 1.21 bits per heavy atom. The lowest BCUT2D eigenvalue weighted by atomic mass is 10.0. The van der Waals surface area contributed by atoms with Gasteiger partial charge in [-0.2, -0.15) is 0 Å². The molecule has 0 saturated carbocycles. The highest BCUT2D eigenvalue weighted by Gasteiger charge is 2.16. The number of morpholine rings is 1. The predicted octanol–water partition coefficient (Wildman–Crippen LogP) is 2.45. The van der Waals surface area contributed by atoms with Gasteiger partial charge in [-0.1, -0.05) is 37.3 Å². The van der Waals surface area contributed by atoms with Crippen molar-refractivity contribution in [2.75, 3.05) is 32.8 Å². The van der Waals surface area contributed by atoms with Crippen LogP contribution in [0.2, 0.25) is 0 Å². The van der Waals surface area contributed by atoms with Crippen LogP contribution >= 0.6 is 0 Å². The van der Waals surface area contributed by atoms with Crippen molar-refractivity contribution in [2.24, 2.45) is 0 Å². The number of nitrogens with one attached hydrogen (secondary N) is 1. The molecule has 0 aliphatic carbocycles. The van der Waals surface area contributed by atoms with Gasteiger partial charge in [0.2, 0.25) is 0 Å². The van der Waals surface area contributed by atoms with E-state index < -0.39 is 0 Å². The number of hydrogen-bond donors (Lipinski definition) is 1. The number of ether oxygens (including phenoxy) is 1. The van der Waals surface area contributed by atoms with E-state index in [9.17, 15) is 0 Å². The number of rotatable bonds is 6. The van der Waals surface area contributed by atoms with E-state index >= 15 is 0 Å². The molecule has 2 atom stereocenters. The molecule has 3 heteroatoms. The Morgan fingerprint density at radius 2 is 1.89 bits per heavy atom. The lowest BCUT2D eigenvalue weighted by molar-refractivity contribution is 0.0338. The van der Waals surface area contributed by atoms with Gasteiger partial charge in [-0.3, -0.25) is 4.90 Å². The van der Waals surface area contributed by atoms with Crippen molar-refractivity contribution in [1.82, 2.24) is 10.2 Å². The molecule has 1 aliphatic rings. The second-order valence-corrected chi connectivity index (χ2v) is 5.35. The summed E-state index contributed by atoms with van der Waals surface area (Å²) in [6.45, 7) is 9.51. The zero-order chi connectivity index (χ0) is 13.5. The molecule has 0 radical (unpaired) electrons. The normalized spacial score (nSPS) is 20.1. The summed E-state index contributed by atoms with van der Waals surface area (Å²) >= 11 is 0. The van der Waals surface area contributed by atoms with Crippen LogP contribution in [-0.2, 0) is 4.74 Å². The minimum atomic E-state index is 0.456. The van der Waals surface area contributed by atoms with Gasteiger partial charge in [0.1, 0.15) is 0 Å². The van der Waals surface area contributed by atoms with Crippen LogP contribution in [0.25, 0.3) is 0 Å². The highest BCUT2D eigenvalue weighted by Crippen LogP contribution is 2.16. The van der Waals surface area contributed by atoms with Gasteiger partial charge in [-0.15, -0.1) is 0 Å². The van der Waals surface area contributed by atoms with Crippen LogP contribution in [0.4, 0.5) is 0 Å². The van der Waals surface area contributed by atoms with Gasteiger partial charge in [0.15, 0.2) is 0 Å². The molecule has 1 aromatic carbocycles. The minimum absolute atomic E-state index is 0.456. The Balaban J connectivity index is 1.84. The maximum Gasteiger partial charge on any atom is 0.0594 e. The molecule has 0 spiro atoms. The molecular weight excluding hydrogens is 236 g/mol. The molecule has 2 rings (SSSR count). The van der Waals surface area contributed by atoms with Crippen molar-refractivity contribution < 1.29 is 4.74 Å². The smallest absolute Gasteiger partial charge is 0.0594 e. The topological polar surface area (TPSA) is 24.5 Å². The highest BCUT2D eigenvalue weighted by molar-refractivity contribution is 5.18. The van der Waals surface area contributed by atoms with E-state index in [-0.39, 0.29) is 0 Å². The number of benzene rings is 1. The summed E-state index contributed by atoms with van der Waals surface area (Å²) in [4.78, 5) is 2.48. The Labute approximate surface area is 116 Å². The first-order valence-electron chi connectivity index (χ1n) is 7.40. The lowest BCUT2D eigenvalue weighted by Crippen LogP contribution is -2.45. The van der Waals surface area contributed by atoms with E-state index in [4.69, 9.17) is 4.74 Å². The maximum absolute atomic E-state index is 5.39. The Hall–Kier alpha value is -0.900. The molecule has 19 heavy (non-hydrogen) atoms. The summed E-state index contributed by atoms with van der Waals surface area (Å²) in [5.41, 5.74) is 1.39. The standard InChI is InChI=1S/C16H26N2O/c1-3-16(15-7-5-4-6-8-15)17-14(2)13-18-9-11-19-12-10-18/h4-8,14,16-17H,3,9-13H2,1-2H3. The van der Waals surface area contributed by atoms with Gasteiger partial charge in [0, 0.05) is 31.7 Å². The van der Waals surface area contributed by atoms with Gasteiger partial charge in [-0.25, -0.2) is 0 Å². The van der Waals surface area contributed by atoms with Crippen LogP contribution in [0, 0.1) is 0 Å². The van der Waals surface area contributed by atoms with E-state index in [2.05, 4.69) is 54.4 Å². The van der Waals surface area contributed by atoms with Crippen LogP contribution in [-0.4, -0.2) is 43.8 Å². The molecular formula is C16H26N2O. The van der Waals surface area contributed by atoms with Crippen molar-refractivity contribution in [3.8, 4) is 0 Å². The fraction of sp³-hybridized carbons (Fsp3) is 0.625. The molecule has 3 nitrogen and oxygen atoms in total. The third kappa shape index (κ3) is 4.60. The molecule has 1 fully saturated rings. The SMILES string of the molecule is CCC(NC(C)CN1CCOCC1)c1ccccc1. The van der Waals surface area contributed by atoms with Crippen molar-refractivity contribution in [2.45, 2.75) is 32.4 Å². The average molecular weight is 262 g/mol. The third-order valence-electron chi connectivity index (χ3n) is 3.73. The van der Waals surface area contributed by atoms with E-state index in [1.165, 1.54) is 5.56 Å². The molecule has 0 amide bonds. The monoisotopic (exact) mass is 262 g/mol.